The van der Waals surface area contributed by atoms with Gasteiger partial charge in [-0.15, -0.1) is 0 Å². The summed E-state index contributed by atoms with van der Waals surface area (Å²) in [5, 5.41) is 34.1. The Morgan fingerprint density at radius 2 is 1.98 bits per heavy atom. The molecule has 0 spiro atoms. The van der Waals surface area contributed by atoms with E-state index >= 15 is 4.39 Å². The van der Waals surface area contributed by atoms with Gasteiger partial charge >= 0.3 is 0 Å². The van der Waals surface area contributed by atoms with Gasteiger partial charge in [0.1, 0.15) is 11.6 Å². The number of hydrogen-bond donors (Lipinski definition) is 4. The van der Waals surface area contributed by atoms with Gasteiger partial charge in [-0.25, -0.2) is 4.39 Å². The number of aromatic hydroxyl groups is 1. The summed E-state index contributed by atoms with van der Waals surface area (Å²) >= 11 is 7.05. The summed E-state index contributed by atoms with van der Waals surface area (Å²) < 4.78 is 17.0. The Kier molecular flexibility index (Phi) is 8.36. The van der Waals surface area contributed by atoms with E-state index < -0.39 is 11.9 Å². The van der Waals surface area contributed by atoms with Crippen LogP contribution in [0, 0.1) is 18.2 Å². The minimum atomic E-state index is -0.958. The van der Waals surface area contributed by atoms with E-state index in [-0.39, 0.29) is 57.0 Å². The molecule has 0 saturated carbocycles. The Labute approximate surface area is 255 Å². The molecule has 5 rings (SSSR count). The third-order valence-electron chi connectivity index (χ3n) is 8.36. The van der Waals surface area contributed by atoms with Gasteiger partial charge in [0, 0.05) is 56.1 Å². The molecule has 1 fully saturated rings. The second-order valence-electron chi connectivity index (χ2n) is 11.2. The Morgan fingerprint density at radius 1 is 1.26 bits per heavy atom. The van der Waals surface area contributed by atoms with Gasteiger partial charge in [0.15, 0.2) is 5.82 Å². The van der Waals surface area contributed by atoms with Crippen molar-refractivity contribution in [1.29, 1.82) is 5.41 Å². The summed E-state index contributed by atoms with van der Waals surface area (Å²) in [6.07, 6.45) is 2.53. The molecule has 1 amide bonds. The number of rotatable bonds is 5. The number of amides is 1. The number of fused-ring (bicyclic) bond motifs is 2. The first-order chi connectivity index (χ1) is 20.5. The number of hydrogen-bond acceptors (Lipinski definition) is 7. The molecule has 9 nitrogen and oxygen atoms in total. The Balaban J connectivity index is 1.78. The number of anilines is 3. The lowest BCUT2D eigenvalue weighted by Gasteiger charge is -2.48. The molecule has 0 radical (unpaired) electrons. The maximum absolute atomic E-state index is 17.0. The van der Waals surface area contributed by atoms with Crippen LogP contribution < -0.4 is 10.2 Å². The molecule has 43 heavy (non-hydrogen) atoms. The highest BCUT2D eigenvalue weighted by Gasteiger charge is 2.40. The summed E-state index contributed by atoms with van der Waals surface area (Å²) in [5.41, 5.74) is 2.30. The Morgan fingerprint density at radius 3 is 2.65 bits per heavy atom. The number of pyridine rings is 1. The topological polar surface area (TPSA) is 116 Å². The van der Waals surface area contributed by atoms with Crippen LogP contribution in [0.3, 0.4) is 0 Å². The van der Waals surface area contributed by atoms with Crippen LogP contribution in [-0.4, -0.2) is 75.5 Å². The number of piperazine rings is 1. The molecule has 3 unspecified atom stereocenters. The van der Waals surface area contributed by atoms with E-state index in [1.807, 2.05) is 30.7 Å². The predicted octanol–water partition coefficient (Wildman–Crippen LogP) is 5.60. The van der Waals surface area contributed by atoms with E-state index in [0.29, 0.717) is 48.7 Å². The number of phenolic OH excluding ortho intramolecular Hbond substituents is 1. The van der Waals surface area contributed by atoms with Crippen LogP contribution in [0.2, 0.25) is 5.02 Å². The van der Waals surface area contributed by atoms with E-state index in [2.05, 4.69) is 16.9 Å². The standard InChI is InChI=1S/C32H36ClFN6O3/c1-6-23(43)39-16-20-12-14-38(5)31-25(32(35)40(20)15-18(39)3)30(37-28-17(2)11-13-36-29(28)19(4)41)27(34)24(26(31)33)21-9-7-8-10-22(21)42/h6-11,13,18-20,35,37,41-42H,1,12,14-16H2,2-5H3. The van der Waals surface area contributed by atoms with Crippen molar-refractivity contribution in [1.82, 2.24) is 14.8 Å². The summed E-state index contributed by atoms with van der Waals surface area (Å²) in [5.74, 6) is -1.02. The van der Waals surface area contributed by atoms with Crippen LogP contribution in [-0.2, 0) is 4.79 Å². The smallest absolute Gasteiger partial charge is 0.246 e. The molecule has 2 aromatic carbocycles. The first-order valence-corrected chi connectivity index (χ1v) is 14.6. The summed E-state index contributed by atoms with van der Waals surface area (Å²) in [4.78, 5) is 22.5. The van der Waals surface area contributed by atoms with Crippen molar-refractivity contribution in [2.45, 2.75) is 45.4 Å². The van der Waals surface area contributed by atoms with E-state index in [1.165, 1.54) is 12.1 Å². The van der Waals surface area contributed by atoms with Crippen LogP contribution in [0.25, 0.3) is 11.1 Å². The highest BCUT2D eigenvalue weighted by molar-refractivity contribution is 6.38. The lowest BCUT2D eigenvalue weighted by molar-refractivity contribution is -0.131. The molecule has 0 aliphatic carbocycles. The zero-order valence-electron chi connectivity index (χ0n) is 24.7. The number of aryl methyl sites for hydroxylation is 1. The largest absolute Gasteiger partial charge is 0.507 e. The van der Waals surface area contributed by atoms with Crippen LogP contribution in [0.5, 0.6) is 5.75 Å². The highest BCUT2D eigenvalue weighted by atomic mass is 35.5. The van der Waals surface area contributed by atoms with Crippen molar-refractivity contribution in [3.8, 4) is 16.9 Å². The van der Waals surface area contributed by atoms with Gasteiger partial charge in [0.2, 0.25) is 5.91 Å². The van der Waals surface area contributed by atoms with Crippen LogP contribution in [0.1, 0.15) is 43.2 Å². The molecule has 1 aromatic heterocycles. The molecule has 2 aliphatic rings. The number of benzene rings is 2. The molecular formula is C32H36ClFN6O3. The molecule has 0 bridgehead atoms. The third kappa shape index (κ3) is 5.29. The molecule has 3 aromatic rings. The van der Waals surface area contributed by atoms with Gasteiger partial charge in [-0.05, 0) is 51.0 Å². The molecule has 3 atom stereocenters. The van der Waals surface area contributed by atoms with Crippen molar-refractivity contribution < 1.29 is 19.4 Å². The van der Waals surface area contributed by atoms with Gasteiger partial charge in [-0.3, -0.25) is 15.2 Å². The van der Waals surface area contributed by atoms with Crippen molar-refractivity contribution in [3.05, 3.63) is 76.8 Å². The van der Waals surface area contributed by atoms with Crippen molar-refractivity contribution >= 4 is 40.4 Å². The second kappa shape index (κ2) is 11.9. The maximum atomic E-state index is 17.0. The minimum absolute atomic E-state index is 0.00676. The molecule has 226 valence electrons. The van der Waals surface area contributed by atoms with Crippen molar-refractivity contribution in [3.63, 3.8) is 0 Å². The lowest BCUT2D eigenvalue weighted by atomic mass is 9.93. The van der Waals surface area contributed by atoms with Crippen molar-refractivity contribution in [2.24, 2.45) is 0 Å². The average Bonchev–Trinajstić information content (AvgIpc) is 2.97. The zero-order valence-corrected chi connectivity index (χ0v) is 25.4. The number of carbonyl (C=O) groups excluding carboxylic acids is 1. The van der Waals surface area contributed by atoms with Gasteiger partial charge in [-0.2, -0.15) is 0 Å². The number of aromatic nitrogens is 1. The maximum Gasteiger partial charge on any atom is 0.246 e. The number of aliphatic hydroxyl groups is 1. The number of para-hydroxylation sites is 1. The number of aliphatic hydroxyl groups excluding tert-OH is 1. The lowest BCUT2D eigenvalue weighted by Crippen LogP contribution is -2.61. The number of amidine groups is 1. The first kappa shape index (κ1) is 30.3. The molecule has 1 saturated heterocycles. The zero-order chi connectivity index (χ0) is 31.2. The van der Waals surface area contributed by atoms with Crippen molar-refractivity contribution in [2.75, 3.05) is 36.9 Å². The van der Waals surface area contributed by atoms with Crippen LogP contribution >= 0.6 is 11.6 Å². The van der Waals surface area contributed by atoms with Gasteiger partial charge in [0.05, 0.1) is 39.4 Å². The fraction of sp³-hybridized carbons (Fsp3) is 0.344. The summed E-state index contributed by atoms with van der Waals surface area (Å²) in [6.45, 7) is 10.2. The normalized spacial score (nSPS) is 19.2. The molecule has 3 heterocycles. The highest BCUT2D eigenvalue weighted by Crippen LogP contribution is 2.49. The number of nitrogens with one attached hydrogen (secondary N) is 2. The average molecular weight is 607 g/mol. The minimum Gasteiger partial charge on any atom is -0.507 e. The SMILES string of the molecule is C=CC(=O)N1CC2CCN(C)c3c(Cl)c(-c4ccccc4O)c(F)c(Nc4c(C)ccnc4C(C)O)c3C(=N)N2CC1C. The number of phenols is 1. The van der Waals surface area contributed by atoms with E-state index in [1.54, 1.807) is 42.3 Å². The second-order valence-corrected chi connectivity index (χ2v) is 11.6. The monoisotopic (exact) mass is 606 g/mol. The van der Waals surface area contributed by atoms with Crippen LogP contribution in [0.4, 0.5) is 21.5 Å². The fourth-order valence-electron chi connectivity index (χ4n) is 6.07. The van der Waals surface area contributed by atoms with E-state index in [9.17, 15) is 20.4 Å². The molecule has 4 N–H and O–H groups in total. The Bertz CT molecular complexity index is 1610. The summed E-state index contributed by atoms with van der Waals surface area (Å²) in [7, 11) is 1.83. The summed E-state index contributed by atoms with van der Waals surface area (Å²) in [6, 6.07) is 7.71. The first-order valence-electron chi connectivity index (χ1n) is 14.2. The predicted molar refractivity (Wildman–Crippen MR) is 168 cm³/mol. The van der Waals surface area contributed by atoms with E-state index in [0.717, 1.165) is 0 Å². The third-order valence-corrected chi connectivity index (χ3v) is 8.73. The van der Waals surface area contributed by atoms with Gasteiger partial charge < -0.3 is 30.2 Å². The molecular weight excluding hydrogens is 571 g/mol. The Hall–Kier alpha value is -4.15. The number of nitrogens with zero attached hydrogens (tertiary/aromatic N) is 4. The number of halogens is 2. The van der Waals surface area contributed by atoms with Gasteiger partial charge in [-0.1, -0.05) is 36.4 Å². The quantitative estimate of drug-likeness (QED) is 0.279. The fourth-order valence-corrected chi connectivity index (χ4v) is 6.49. The molecule has 11 heteroatoms. The van der Waals surface area contributed by atoms with E-state index in [4.69, 9.17) is 11.6 Å². The molecule has 2 aliphatic heterocycles. The van der Waals surface area contributed by atoms with Crippen LogP contribution in [0.15, 0.2) is 49.2 Å². The van der Waals surface area contributed by atoms with Gasteiger partial charge in [0.25, 0.3) is 0 Å². The number of carbonyl (C=O) groups is 1.